The molecule has 0 atom stereocenters. The van der Waals surface area contributed by atoms with Crippen molar-refractivity contribution >= 4 is 17.5 Å². The average molecular weight is 394 g/mol. The second-order valence-electron chi connectivity index (χ2n) is 6.38. The van der Waals surface area contributed by atoms with Gasteiger partial charge in [0.25, 0.3) is 5.91 Å². The number of ether oxygens (including phenoxy) is 2. The number of hydrogen-bond donors (Lipinski definition) is 2. The summed E-state index contributed by atoms with van der Waals surface area (Å²) in [6.07, 6.45) is 3.28. The molecule has 0 saturated heterocycles. The van der Waals surface area contributed by atoms with E-state index in [4.69, 9.17) is 9.47 Å². The van der Waals surface area contributed by atoms with E-state index in [-0.39, 0.29) is 11.7 Å². The van der Waals surface area contributed by atoms with Crippen LogP contribution in [0.25, 0.3) is 0 Å². The quantitative estimate of drug-likeness (QED) is 0.668. The molecule has 0 bridgehead atoms. The zero-order valence-corrected chi connectivity index (χ0v) is 15.5. The van der Waals surface area contributed by atoms with Crippen molar-refractivity contribution in [3.63, 3.8) is 0 Å². The molecule has 1 aliphatic rings. The van der Waals surface area contributed by atoms with Crippen molar-refractivity contribution in [2.75, 3.05) is 25.1 Å². The van der Waals surface area contributed by atoms with Crippen molar-refractivity contribution in [3.05, 3.63) is 71.8 Å². The summed E-state index contributed by atoms with van der Waals surface area (Å²) in [5.41, 5.74) is 1.63. The van der Waals surface area contributed by atoms with Gasteiger partial charge < -0.3 is 20.1 Å². The first-order chi connectivity index (χ1) is 14.2. The predicted octanol–water partition coefficient (Wildman–Crippen LogP) is 3.10. The number of aromatic nitrogens is 2. The Kier molecular flexibility index (Phi) is 5.51. The lowest BCUT2D eigenvalue weighted by Crippen LogP contribution is -2.26. The van der Waals surface area contributed by atoms with Crippen LogP contribution in [0.1, 0.15) is 15.9 Å². The van der Waals surface area contributed by atoms with Gasteiger partial charge in [0.2, 0.25) is 5.95 Å². The minimum atomic E-state index is -0.313. The number of halogens is 1. The first-order valence-corrected chi connectivity index (χ1v) is 9.19. The van der Waals surface area contributed by atoms with E-state index in [2.05, 4.69) is 20.6 Å². The number of carbonyl (C=O) groups excluding carboxylic acids is 1. The van der Waals surface area contributed by atoms with Crippen LogP contribution < -0.4 is 20.1 Å². The van der Waals surface area contributed by atoms with Crippen molar-refractivity contribution in [1.29, 1.82) is 0 Å². The Bertz CT molecular complexity index is 1010. The second-order valence-corrected chi connectivity index (χ2v) is 6.38. The average Bonchev–Trinajstić information content (AvgIpc) is 2.75. The fraction of sp³-hybridized carbons (Fsp3) is 0.190. The molecule has 29 heavy (non-hydrogen) atoms. The molecular formula is C21H19FN4O3. The number of rotatable bonds is 6. The lowest BCUT2D eigenvalue weighted by atomic mass is 10.1. The second kappa shape index (κ2) is 8.55. The Balaban J connectivity index is 1.32. The summed E-state index contributed by atoms with van der Waals surface area (Å²) in [4.78, 5) is 20.6. The summed E-state index contributed by atoms with van der Waals surface area (Å²) < 4.78 is 24.6. The third-order valence-corrected chi connectivity index (χ3v) is 4.35. The van der Waals surface area contributed by atoms with Gasteiger partial charge >= 0.3 is 0 Å². The first kappa shape index (κ1) is 18.7. The molecule has 0 unspecified atom stereocenters. The monoisotopic (exact) mass is 394 g/mol. The third kappa shape index (κ3) is 4.60. The van der Waals surface area contributed by atoms with Crippen molar-refractivity contribution in [2.45, 2.75) is 6.42 Å². The van der Waals surface area contributed by atoms with E-state index in [0.717, 1.165) is 5.69 Å². The topological polar surface area (TPSA) is 85.4 Å². The molecule has 2 aromatic carbocycles. The molecule has 0 radical (unpaired) electrons. The lowest BCUT2D eigenvalue weighted by Gasteiger charge is -2.18. The molecule has 4 rings (SSSR count). The Morgan fingerprint density at radius 3 is 2.59 bits per heavy atom. The normalized spacial score (nSPS) is 12.3. The van der Waals surface area contributed by atoms with Crippen LogP contribution in [0.15, 0.2) is 54.9 Å². The number of carbonyl (C=O) groups is 1. The summed E-state index contributed by atoms with van der Waals surface area (Å²) in [6, 6.07) is 12.0. The first-order valence-electron chi connectivity index (χ1n) is 9.19. The van der Waals surface area contributed by atoms with Crippen molar-refractivity contribution in [2.24, 2.45) is 0 Å². The van der Waals surface area contributed by atoms with Gasteiger partial charge in [-0.15, -0.1) is 0 Å². The van der Waals surface area contributed by atoms with Crippen LogP contribution in [0.4, 0.5) is 16.0 Å². The standard InChI is InChI=1S/C21H19FN4O3/c22-17-4-2-1-3-14(17)7-8-23-20(27)15-12-24-21(25-13-15)26-16-5-6-18-19(11-16)29-10-9-28-18/h1-6,11-13H,7-10H2,(H,23,27)(H,24,25,26). The number of hydrogen-bond acceptors (Lipinski definition) is 6. The van der Waals surface area contributed by atoms with Crippen LogP contribution in [0.5, 0.6) is 11.5 Å². The zero-order valence-electron chi connectivity index (χ0n) is 15.5. The van der Waals surface area contributed by atoms with Gasteiger partial charge in [-0.1, -0.05) is 18.2 Å². The van der Waals surface area contributed by atoms with Crippen molar-refractivity contribution in [3.8, 4) is 11.5 Å². The van der Waals surface area contributed by atoms with Gasteiger partial charge in [0.15, 0.2) is 11.5 Å². The maximum Gasteiger partial charge on any atom is 0.254 e. The maximum atomic E-state index is 13.6. The highest BCUT2D eigenvalue weighted by Gasteiger charge is 2.12. The van der Waals surface area contributed by atoms with Gasteiger partial charge in [-0.25, -0.2) is 14.4 Å². The molecular weight excluding hydrogens is 375 g/mol. The zero-order chi connectivity index (χ0) is 20.1. The van der Waals surface area contributed by atoms with Crippen LogP contribution in [0, 0.1) is 5.82 Å². The number of nitrogens with one attached hydrogen (secondary N) is 2. The molecule has 1 aromatic heterocycles. The smallest absolute Gasteiger partial charge is 0.254 e. The summed E-state index contributed by atoms with van der Waals surface area (Å²) >= 11 is 0. The highest BCUT2D eigenvalue weighted by atomic mass is 19.1. The summed E-state index contributed by atoms with van der Waals surface area (Å²) in [5.74, 6) is 1.12. The highest BCUT2D eigenvalue weighted by Crippen LogP contribution is 2.33. The summed E-state index contributed by atoms with van der Waals surface area (Å²) in [5, 5.41) is 5.80. The molecule has 8 heteroatoms. The number of nitrogens with zero attached hydrogens (tertiary/aromatic N) is 2. The van der Waals surface area contributed by atoms with E-state index in [9.17, 15) is 9.18 Å². The Labute approximate surface area is 166 Å². The van der Waals surface area contributed by atoms with Crippen LogP contribution in [-0.4, -0.2) is 35.6 Å². The van der Waals surface area contributed by atoms with Crippen LogP contribution in [0.3, 0.4) is 0 Å². The SMILES string of the molecule is O=C(NCCc1ccccc1F)c1cnc(Nc2ccc3c(c2)OCCO3)nc1. The molecule has 0 aliphatic carbocycles. The van der Waals surface area contributed by atoms with E-state index in [1.807, 2.05) is 12.1 Å². The largest absolute Gasteiger partial charge is 0.486 e. The minimum absolute atomic E-state index is 0.278. The van der Waals surface area contributed by atoms with Crippen LogP contribution in [0.2, 0.25) is 0 Å². The van der Waals surface area contributed by atoms with E-state index >= 15 is 0 Å². The molecule has 7 nitrogen and oxygen atoms in total. The van der Waals surface area contributed by atoms with Crippen molar-refractivity contribution < 1.29 is 18.7 Å². The molecule has 3 aromatic rings. The van der Waals surface area contributed by atoms with Crippen molar-refractivity contribution in [1.82, 2.24) is 15.3 Å². The van der Waals surface area contributed by atoms with Gasteiger partial charge in [-0.05, 0) is 30.2 Å². The molecule has 148 valence electrons. The molecule has 1 aliphatic heterocycles. The molecule has 0 saturated carbocycles. The molecule has 0 spiro atoms. The Morgan fingerprint density at radius 2 is 1.79 bits per heavy atom. The minimum Gasteiger partial charge on any atom is -0.486 e. The van der Waals surface area contributed by atoms with Crippen LogP contribution in [-0.2, 0) is 6.42 Å². The van der Waals surface area contributed by atoms with E-state index < -0.39 is 0 Å². The Morgan fingerprint density at radius 1 is 1.03 bits per heavy atom. The fourth-order valence-electron chi connectivity index (χ4n) is 2.87. The molecule has 0 fully saturated rings. The van der Waals surface area contributed by atoms with Gasteiger partial charge in [0.05, 0.1) is 5.56 Å². The van der Waals surface area contributed by atoms with Gasteiger partial charge in [0, 0.05) is 30.7 Å². The summed E-state index contributed by atoms with van der Waals surface area (Å²) in [7, 11) is 0. The van der Waals surface area contributed by atoms with E-state index in [1.165, 1.54) is 18.5 Å². The number of benzene rings is 2. The molecule has 2 N–H and O–H groups in total. The molecule has 2 heterocycles. The highest BCUT2D eigenvalue weighted by molar-refractivity contribution is 5.93. The fourth-order valence-corrected chi connectivity index (χ4v) is 2.87. The molecule has 1 amide bonds. The lowest BCUT2D eigenvalue weighted by molar-refractivity contribution is 0.0953. The Hall–Kier alpha value is -3.68. The van der Waals surface area contributed by atoms with Crippen LogP contribution >= 0.6 is 0 Å². The predicted molar refractivity (Wildman–Crippen MR) is 105 cm³/mol. The summed E-state index contributed by atoms with van der Waals surface area (Å²) in [6.45, 7) is 1.36. The maximum absolute atomic E-state index is 13.6. The number of anilines is 2. The third-order valence-electron chi connectivity index (χ3n) is 4.35. The van der Waals surface area contributed by atoms with Gasteiger partial charge in [-0.3, -0.25) is 4.79 Å². The number of fused-ring (bicyclic) bond motifs is 1. The van der Waals surface area contributed by atoms with Gasteiger partial charge in [0.1, 0.15) is 19.0 Å². The van der Waals surface area contributed by atoms with E-state index in [1.54, 1.807) is 24.3 Å². The van der Waals surface area contributed by atoms with Gasteiger partial charge in [-0.2, -0.15) is 0 Å². The number of amides is 1. The van der Waals surface area contributed by atoms with E-state index in [0.29, 0.717) is 54.8 Å².